The topological polar surface area (TPSA) is 102 Å². The molecular weight excluding hydrogens is 486 g/mol. The first kappa shape index (κ1) is 25.0. The van der Waals surface area contributed by atoms with Crippen LogP contribution in [0.3, 0.4) is 0 Å². The van der Waals surface area contributed by atoms with Gasteiger partial charge in [-0.25, -0.2) is 13.4 Å². The largest absolute Gasteiger partial charge is 0.373 e. The van der Waals surface area contributed by atoms with Crippen molar-refractivity contribution < 1.29 is 8.42 Å². The molecule has 0 spiro atoms. The van der Waals surface area contributed by atoms with Crippen molar-refractivity contribution in [3.05, 3.63) is 59.8 Å². The highest BCUT2D eigenvalue weighted by Crippen LogP contribution is 2.34. The number of halogens is 1. The molecule has 0 radical (unpaired) electrons. The number of aromatic nitrogens is 2. The van der Waals surface area contributed by atoms with Crippen LogP contribution in [0, 0.1) is 0 Å². The molecule has 186 valence electrons. The summed E-state index contributed by atoms with van der Waals surface area (Å²) in [7, 11) is 2.77. The summed E-state index contributed by atoms with van der Waals surface area (Å²) in [6.07, 6.45) is 2.87. The smallest absolute Gasteiger partial charge is 0.235 e. The lowest BCUT2D eigenvalue weighted by Gasteiger charge is -2.21. The second-order valence-electron chi connectivity index (χ2n) is 8.80. The normalized spacial score (nSPS) is 13.5. The van der Waals surface area contributed by atoms with Crippen LogP contribution in [0.5, 0.6) is 0 Å². The molecule has 2 aromatic carbocycles. The predicted octanol–water partition coefficient (Wildman–Crippen LogP) is 4.52. The van der Waals surface area contributed by atoms with Gasteiger partial charge in [0.2, 0.25) is 16.0 Å². The minimum absolute atomic E-state index is 0.313. The van der Waals surface area contributed by atoms with Crippen molar-refractivity contribution in [2.24, 2.45) is 0 Å². The van der Waals surface area contributed by atoms with E-state index >= 15 is 0 Å². The third-order valence-electron chi connectivity index (χ3n) is 5.59. The molecule has 35 heavy (non-hydrogen) atoms. The highest BCUT2D eigenvalue weighted by Gasteiger charge is 2.36. The van der Waals surface area contributed by atoms with E-state index in [9.17, 15) is 8.42 Å². The van der Waals surface area contributed by atoms with Gasteiger partial charge in [0.1, 0.15) is 5.02 Å². The number of sulfonamides is 1. The van der Waals surface area contributed by atoms with E-state index in [1.165, 1.54) is 6.20 Å². The van der Waals surface area contributed by atoms with Crippen LogP contribution in [0.1, 0.15) is 12.8 Å². The van der Waals surface area contributed by atoms with Crippen molar-refractivity contribution in [1.82, 2.24) is 14.9 Å². The Morgan fingerprint density at radius 2 is 1.66 bits per heavy atom. The molecule has 0 bridgehead atoms. The average molecular weight is 516 g/mol. The standard InChI is InChI=1S/C24H30ClN7O2S/c1-31(2)14-15-32(3)18-10-8-17(9-11-18)27-24-26-16-20(25)23(29-24)28-21-6-4-5-7-22(21)30-35(33,34)19-12-13-19/h4-11,16,19,30H,12-15H2,1-3H3,(H2,26,27,28,29). The van der Waals surface area contributed by atoms with E-state index in [0.717, 1.165) is 24.5 Å². The van der Waals surface area contributed by atoms with Gasteiger partial charge in [0.25, 0.3) is 0 Å². The Morgan fingerprint density at radius 3 is 2.31 bits per heavy atom. The van der Waals surface area contributed by atoms with Crippen molar-refractivity contribution in [2.45, 2.75) is 18.1 Å². The summed E-state index contributed by atoms with van der Waals surface area (Å²) in [5.74, 6) is 0.726. The fraction of sp³-hybridized carbons (Fsp3) is 0.333. The maximum Gasteiger partial charge on any atom is 0.235 e. The lowest BCUT2D eigenvalue weighted by atomic mass is 10.2. The first-order chi connectivity index (χ1) is 16.7. The second kappa shape index (κ2) is 10.7. The molecule has 4 rings (SSSR count). The summed E-state index contributed by atoms with van der Waals surface area (Å²) in [5, 5.41) is 6.31. The van der Waals surface area contributed by atoms with Crippen molar-refractivity contribution >= 4 is 56.1 Å². The predicted molar refractivity (Wildman–Crippen MR) is 144 cm³/mol. The molecule has 3 N–H and O–H groups in total. The number of para-hydroxylation sites is 2. The number of rotatable bonds is 11. The lowest BCUT2D eigenvalue weighted by Crippen LogP contribution is -2.28. The second-order valence-corrected chi connectivity index (χ2v) is 11.2. The molecule has 0 saturated heterocycles. The molecule has 0 aliphatic heterocycles. The zero-order valence-corrected chi connectivity index (χ0v) is 21.6. The Labute approximate surface area is 211 Å². The Bertz CT molecular complexity index is 1270. The van der Waals surface area contributed by atoms with Crippen LogP contribution in [0.15, 0.2) is 54.7 Å². The molecule has 1 aliphatic carbocycles. The van der Waals surface area contributed by atoms with Gasteiger partial charge in [-0.2, -0.15) is 4.98 Å². The van der Waals surface area contributed by atoms with E-state index in [1.54, 1.807) is 18.2 Å². The van der Waals surface area contributed by atoms with Crippen molar-refractivity contribution in [1.29, 1.82) is 0 Å². The van der Waals surface area contributed by atoms with Gasteiger partial charge in [-0.3, -0.25) is 4.72 Å². The summed E-state index contributed by atoms with van der Waals surface area (Å²) in [6.45, 7) is 1.89. The molecule has 0 unspecified atom stereocenters. The number of hydrogen-bond donors (Lipinski definition) is 3. The zero-order valence-electron chi connectivity index (χ0n) is 20.0. The molecule has 1 fully saturated rings. The van der Waals surface area contributed by atoms with E-state index in [1.807, 2.05) is 30.3 Å². The van der Waals surface area contributed by atoms with Crippen LogP contribution < -0.4 is 20.3 Å². The molecule has 1 heterocycles. The van der Waals surface area contributed by atoms with Crippen LogP contribution in [0.4, 0.5) is 34.5 Å². The van der Waals surface area contributed by atoms with Gasteiger partial charge in [0.05, 0.1) is 22.8 Å². The van der Waals surface area contributed by atoms with Crippen LogP contribution in [-0.4, -0.2) is 62.8 Å². The van der Waals surface area contributed by atoms with Crippen LogP contribution >= 0.6 is 11.6 Å². The quantitative estimate of drug-likeness (QED) is 0.342. The third-order valence-corrected chi connectivity index (χ3v) is 7.72. The summed E-state index contributed by atoms with van der Waals surface area (Å²) < 4.78 is 27.5. The van der Waals surface area contributed by atoms with Crippen LogP contribution in [-0.2, 0) is 10.0 Å². The lowest BCUT2D eigenvalue weighted by molar-refractivity contribution is 0.416. The fourth-order valence-corrected chi connectivity index (χ4v) is 4.89. The number of likely N-dealkylation sites (N-methyl/N-ethyl adjacent to an activating group) is 2. The van der Waals surface area contributed by atoms with Crippen LogP contribution in [0.2, 0.25) is 5.02 Å². The van der Waals surface area contributed by atoms with Crippen molar-refractivity contribution in [3.63, 3.8) is 0 Å². The SMILES string of the molecule is CN(C)CCN(C)c1ccc(Nc2ncc(Cl)c(Nc3ccccc3NS(=O)(=O)C3CC3)n2)cc1. The first-order valence-corrected chi connectivity index (χ1v) is 13.3. The zero-order chi connectivity index (χ0) is 25.0. The van der Waals surface area contributed by atoms with E-state index in [2.05, 4.69) is 56.3 Å². The van der Waals surface area contributed by atoms with Crippen LogP contribution in [0.25, 0.3) is 0 Å². The van der Waals surface area contributed by atoms with Gasteiger partial charge in [0.15, 0.2) is 5.82 Å². The number of hydrogen-bond acceptors (Lipinski definition) is 8. The molecule has 1 aliphatic rings. The molecule has 0 amide bonds. The highest BCUT2D eigenvalue weighted by atomic mass is 35.5. The van der Waals surface area contributed by atoms with Gasteiger partial charge >= 0.3 is 0 Å². The molecule has 3 aromatic rings. The monoisotopic (exact) mass is 515 g/mol. The minimum Gasteiger partial charge on any atom is -0.373 e. The molecule has 11 heteroatoms. The number of nitrogens with one attached hydrogen (secondary N) is 3. The Kier molecular flexibility index (Phi) is 7.63. The number of anilines is 6. The van der Waals surface area contributed by atoms with E-state index < -0.39 is 10.0 Å². The van der Waals surface area contributed by atoms with Gasteiger partial charge < -0.3 is 20.4 Å². The van der Waals surface area contributed by atoms with Gasteiger partial charge in [-0.05, 0) is 63.3 Å². The maximum absolute atomic E-state index is 12.4. The van der Waals surface area contributed by atoms with Gasteiger partial charge in [-0.1, -0.05) is 23.7 Å². The van der Waals surface area contributed by atoms with E-state index in [-0.39, 0.29) is 5.25 Å². The Balaban J connectivity index is 1.46. The fourth-order valence-electron chi connectivity index (χ4n) is 3.35. The first-order valence-electron chi connectivity index (χ1n) is 11.3. The highest BCUT2D eigenvalue weighted by molar-refractivity contribution is 7.93. The summed E-state index contributed by atoms with van der Waals surface area (Å²) in [4.78, 5) is 13.1. The average Bonchev–Trinajstić information content (AvgIpc) is 3.68. The van der Waals surface area contributed by atoms with E-state index in [0.29, 0.717) is 41.0 Å². The molecule has 1 saturated carbocycles. The maximum atomic E-state index is 12.4. The third kappa shape index (κ3) is 6.74. The summed E-state index contributed by atoms with van der Waals surface area (Å²) in [6, 6.07) is 15.1. The number of nitrogens with zero attached hydrogens (tertiary/aromatic N) is 4. The number of benzene rings is 2. The molecular formula is C24H30ClN7O2S. The van der Waals surface area contributed by atoms with Crippen molar-refractivity contribution in [3.8, 4) is 0 Å². The summed E-state index contributed by atoms with van der Waals surface area (Å²) in [5.41, 5.74) is 2.94. The van der Waals surface area contributed by atoms with Gasteiger partial charge in [0, 0.05) is 31.5 Å². The molecule has 0 atom stereocenters. The Hall–Kier alpha value is -3.08. The van der Waals surface area contributed by atoms with E-state index in [4.69, 9.17) is 11.6 Å². The molecule has 1 aromatic heterocycles. The van der Waals surface area contributed by atoms with Gasteiger partial charge in [-0.15, -0.1) is 0 Å². The molecule has 9 nitrogen and oxygen atoms in total. The van der Waals surface area contributed by atoms with Crippen molar-refractivity contribution in [2.75, 3.05) is 54.5 Å². The Morgan fingerprint density at radius 1 is 0.971 bits per heavy atom. The minimum atomic E-state index is -3.41. The summed E-state index contributed by atoms with van der Waals surface area (Å²) >= 11 is 6.34.